The molecule has 2 aliphatic heterocycles. The Morgan fingerprint density at radius 3 is 2.50 bits per heavy atom. The minimum Gasteiger partial charge on any atom is -0.347 e. The summed E-state index contributed by atoms with van der Waals surface area (Å²) < 4.78 is 13.3. The van der Waals surface area contributed by atoms with Crippen LogP contribution in [0.25, 0.3) is 0 Å². The SMILES string of the molecule is CC(C)C[C@@]1(C)OC[C@H](C[N+]2(C)CCCCC2)O1. The summed E-state index contributed by atoms with van der Waals surface area (Å²) in [6.07, 6.45) is 5.42. The second kappa shape index (κ2) is 5.48. The molecule has 106 valence electrons. The molecule has 3 heteroatoms. The van der Waals surface area contributed by atoms with Crippen LogP contribution >= 0.6 is 0 Å². The summed E-state index contributed by atoms with van der Waals surface area (Å²) >= 11 is 0. The predicted molar refractivity (Wildman–Crippen MR) is 73.3 cm³/mol. The van der Waals surface area contributed by atoms with Gasteiger partial charge in [0.15, 0.2) is 5.79 Å². The maximum atomic E-state index is 6.19. The van der Waals surface area contributed by atoms with Crippen molar-refractivity contribution in [2.24, 2.45) is 5.92 Å². The van der Waals surface area contributed by atoms with Gasteiger partial charge in [-0.2, -0.15) is 0 Å². The monoisotopic (exact) mass is 256 g/mol. The van der Waals surface area contributed by atoms with E-state index in [1.165, 1.54) is 36.8 Å². The zero-order chi connectivity index (χ0) is 13.2. The molecule has 18 heavy (non-hydrogen) atoms. The lowest BCUT2D eigenvalue weighted by molar-refractivity contribution is -0.916. The molecule has 0 aromatic carbocycles. The maximum absolute atomic E-state index is 6.19. The Labute approximate surface area is 112 Å². The van der Waals surface area contributed by atoms with Gasteiger partial charge in [0.25, 0.3) is 0 Å². The number of likely N-dealkylation sites (tertiary alicyclic amines) is 1. The van der Waals surface area contributed by atoms with Crippen LogP contribution < -0.4 is 0 Å². The zero-order valence-electron chi connectivity index (χ0n) is 12.6. The van der Waals surface area contributed by atoms with Crippen molar-refractivity contribution in [1.29, 1.82) is 0 Å². The fourth-order valence-corrected chi connectivity index (χ4v) is 3.58. The summed E-state index contributed by atoms with van der Waals surface area (Å²) in [5.41, 5.74) is 0. The molecule has 0 saturated carbocycles. The third-order valence-electron chi connectivity index (χ3n) is 4.31. The zero-order valence-corrected chi connectivity index (χ0v) is 12.6. The van der Waals surface area contributed by atoms with Crippen LogP contribution in [0.2, 0.25) is 0 Å². The Morgan fingerprint density at radius 2 is 1.89 bits per heavy atom. The van der Waals surface area contributed by atoms with E-state index in [0.29, 0.717) is 5.92 Å². The number of rotatable bonds is 4. The molecule has 0 aromatic heterocycles. The summed E-state index contributed by atoms with van der Waals surface area (Å²) in [4.78, 5) is 0. The van der Waals surface area contributed by atoms with Gasteiger partial charge in [0.2, 0.25) is 0 Å². The van der Waals surface area contributed by atoms with E-state index < -0.39 is 0 Å². The van der Waals surface area contributed by atoms with Crippen molar-refractivity contribution in [3.63, 3.8) is 0 Å². The highest BCUT2D eigenvalue weighted by molar-refractivity contribution is 4.76. The second-order valence-electron chi connectivity index (χ2n) is 7.09. The van der Waals surface area contributed by atoms with Crippen molar-refractivity contribution >= 4 is 0 Å². The number of piperidine rings is 1. The molecule has 2 rings (SSSR count). The van der Waals surface area contributed by atoms with Gasteiger partial charge in [-0.15, -0.1) is 0 Å². The lowest BCUT2D eigenvalue weighted by Gasteiger charge is -2.39. The number of likely N-dealkylation sites (N-methyl/N-ethyl adjacent to an activating group) is 1. The highest BCUT2D eigenvalue weighted by Gasteiger charge is 2.41. The van der Waals surface area contributed by atoms with E-state index >= 15 is 0 Å². The van der Waals surface area contributed by atoms with Gasteiger partial charge < -0.3 is 14.0 Å². The molecule has 0 aliphatic carbocycles. The van der Waals surface area contributed by atoms with Gasteiger partial charge in [-0.05, 0) is 32.1 Å². The quantitative estimate of drug-likeness (QED) is 0.720. The van der Waals surface area contributed by atoms with E-state index in [9.17, 15) is 0 Å². The first-order valence-corrected chi connectivity index (χ1v) is 7.56. The van der Waals surface area contributed by atoms with Gasteiger partial charge >= 0.3 is 0 Å². The van der Waals surface area contributed by atoms with Crippen LogP contribution in [0, 0.1) is 5.92 Å². The van der Waals surface area contributed by atoms with Crippen LogP contribution in [0.1, 0.15) is 46.5 Å². The van der Waals surface area contributed by atoms with Crippen molar-refractivity contribution in [3.05, 3.63) is 0 Å². The molecule has 0 bridgehead atoms. The number of nitrogens with zero attached hydrogens (tertiary/aromatic N) is 1. The van der Waals surface area contributed by atoms with Crippen molar-refractivity contribution < 1.29 is 14.0 Å². The standard InChI is InChI=1S/C15H30NO2/c1-13(2)10-15(3)17-12-14(18-15)11-16(4)8-6-5-7-9-16/h13-14H,5-12H2,1-4H3/q+1/t14-,15-/m0/s1. The minimum atomic E-state index is -0.340. The third-order valence-corrected chi connectivity index (χ3v) is 4.31. The minimum absolute atomic E-state index is 0.289. The van der Waals surface area contributed by atoms with Crippen molar-refractivity contribution in [1.82, 2.24) is 0 Å². The Bertz CT molecular complexity index is 274. The number of ether oxygens (including phenoxy) is 2. The third kappa shape index (κ3) is 3.69. The molecule has 0 N–H and O–H groups in total. The van der Waals surface area contributed by atoms with Gasteiger partial charge in [-0.1, -0.05) is 13.8 Å². The Morgan fingerprint density at radius 1 is 1.22 bits per heavy atom. The number of quaternary nitrogens is 1. The van der Waals surface area contributed by atoms with E-state index in [2.05, 4.69) is 27.8 Å². The molecule has 2 heterocycles. The smallest absolute Gasteiger partial charge is 0.166 e. The first-order chi connectivity index (χ1) is 8.41. The van der Waals surface area contributed by atoms with Gasteiger partial charge in [-0.3, -0.25) is 0 Å². The van der Waals surface area contributed by atoms with Crippen LogP contribution in [-0.4, -0.2) is 49.7 Å². The van der Waals surface area contributed by atoms with Crippen molar-refractivity contribution in [3.8, 4) is 0 Å². The summed E-state index contributed by atoms with van der Waals surface area (Å²) in [5, 5.41) is 0. The molecule has 2 fully saturated rings. The Balaban J connectivity index is 1.85. The average molecular weight is 256 g/mol. The van der Waals surface area contributed by atoms with Crippen molar-refractivity contribution in [2.45, 2.75) is 58.3 Å². The molecule has 2 aliphatic rings. The van der Waals surface area contributed by atoms with E-state index in [4.69, 9.17) is 9.47 Å². The van der Waals surface area contributed by atoms with Crippen LogP contribution in [0.4, 0.5) is 0 Å². The van der Waals surface area contributed by atoms with E-state index in [-0.39, 0.29) is 11.9 Å². The van der Waals surface area contributed by atoms with Crippen molar-refractivity contribution in [2.75, 3.05) is 33.3 Å². The first-order valence-electron chi connectivity index (χ1n) is 7.56. The topological polar surface area (TPSA) is 18.5 Å². The summed E-state index contributed by atoms with van der Waals surface area (Å²) in [7, 11) is 2.38. The molecule has 3 nitrogen and oxygen atoms in total. The molecule has 2 atom stereocenters. The van der Waals surface area contributed by atoms with E-state index in [0.717, 1.165) is 19.6 Å². The normalized spacial score (nSPS) is 36.2. The van der Waals surface area contributed by atoms with E-state index in [1.54, 1.807) is 0 Å². The van der Waals surface area contributed by atoms with Crippen LogP contribution in [0.15, 0.2) is 0 Å². The van der Waals surface area contributed by atoms with Crippen LogP contribution in [-0.2, 0) is 9.47 Å². The summed E-state index contributed by atoms with van der Waals surface area (Å²) in [6, 6.07) is 0. The molecule has 2 saturated heterocycles. The fourth-order valence-electron chi connectivity index (χ4n) is 3.58. The second-order valence-corrected chi connectivity index (χ2v) is 7.09. The molecule has 0 spiro atoms. The summed E-state index contributed by atoms with van der Waals surface area (Å²) in [6.45, 7) is 11.1. The van der Waals surface area contributed by atoms with Crippen LogP contribution in [0.5, 0.6) is 0 Å². The largest absolute Gasteiger partial charge is 0.347 e. The molecular formula is C15H30NO2+. The Kier molecular flexibility index (Phi) is 4.35. The van der Waals surface area contributed by atoms with Gasteiger partial charge in [-0.25, -0.2) is 0 Å². The molecule has 0 amide bonds. The van der Waals surface area contributed by atoms with Gasteiger partial charge in [0.05, 0.1) is 26.7 Å². The maximum Gasteiger partial charge on any atom is 0.166 e. The first kappa shape index (κ1) is 14.3. The average Bonchev–Trinajstić information content (AvgIpc) is 2.58. The Hall–Kier alpha value is -0.120. The molecule has 0 radical (unpaired) electrons. The number of hydrogen-bond donors (Lipinski definition) is 0. The van der Waals surface area contributed by atoms with Gasteiger partial charge in [0.1, 0.15) is 12.6 Å². The van der Waals surface area contributed by atoms with E-state index in [1.807, 2.05) is 0 Å². The lowest BCUT2D eigenvalue weighted by atomic mass is 10.0. The highest BCUT2D eigenvalue weighted by Crippen LogP contribution is 2.31. The molecule has 0 aromatic rings. The lowest BCUT2D eigenvalue weighted by Crippen LogP contribution is -2.52. The highest BCUT2D eigenvalue weighted by atomic mass is 16.7. The molecule has 0 unspecified atom stereocenters. The predicted octanol–water partition coefficient (Wildman–Crippen LogP) is 2.79. The van der Waals surface area contributed by atoms with Gasteiger partial charge in [0, 0.05) is 6.42 Å². The summed E-state index contributed by atoms with van der Waals surface area (Å²) in [5.74, 6) is 0.279. The van der Waals surface area contributed by atoms with Crippen LogP contribution in [0.3, 0.4) is 0 Å². The number of hydrogen-bond acceptors (Lipinski definition) is 2. The molecular weight excluding hydrogens is 226 g/mol. The fraction of sp³-hybridized carbons (Fsp3) is 1.00.